The Labute approximate surface area is 123 Å². The highest BCUT2D eigenvalue weighted by molar-refractivity contribution is 6.65. The van der Waals surface area contributed by atoms with E-state index in [0.717, 1.165) is 43.9 Å². The van der Waals surface area contributed by atoms with Crippen molar-refractivity contribution in [3.63, 3.8) is 0 Å². The van der Waals surface area contributed by atoms with Crippen LogP contribution in [0.1, 0.15) is 24.8 Å². The summed E-state index contributed by atoms with van der Waals surface area (Å²) in [5, 5.41) is 5.27. The van der Waals surface area contributed by atoms with Crippen molar-refractivity contribution in [3.8, 4) is 0 Å². The topological polar surface area (TPSA) is 24.8 Å². The van der Waals surface area contributed by atoms with Crippen molar-refractivity contribution in [2.24, 2.45) is 5.16 Å². The standard InChI is InChI=1S/C14H16Cl2N2O/c15-12-3-1-11(2-4-12)10-18-7-5-14(6-8-18)9-13(16)17-19-14/h1-4H,5-10H2. The summed E-state index contributed by atoms with van der Waals surface area (Å²) in [6.45, 7) is 2.99. The zero-order valence-electron chi connectivity index (χ0n) is 10.6. The van der Waals surface area contributed by atoms with Crippen LogP contribution in [0.3, 0.4) is 0 Å². The van der Waals surface area contributed by atoms with Gasteiger partial charge >= 0.3 is 0 Å². The normalized spacial score (nSPS) is 22.3. The van der Waals surface area contributed by atoms with Gasteiger partial charge in [0.1, 0.15) is 10.8 Å². The third kappa shape index (κ3) is 3.04. The molecule has 0 radical (unpaired) electrons. The predicted molar refractivity (Wildman–Crippen MR) is 77.7 cm³/mol. The first-order valence-electron chi connectivity index (χ1n) is 6.53. The summed E-state index contributed by atoms with van der Waals surface area (Å²) in [5.74, 6) is 0. The van der Waals surface area contributed by atoms with E-state index in [4.69, 9.17) is 28.0 Å². The Hall–Kier alpha value is -0.770. The van der Waals surface area contributed by atoms with Gasteiger partial charge in [-0.15, -0.1) is 0 Å². The summed E-state index contributed by atoms with van der Waals surface area (Å²) in [6.07, 6.45) is 2.74. The van der Waals surface area contributed by atoms with E-state index in [0.29, 0.717) is 5.17 Å². The van der Waals surface area contributed by atoms with E-state index in [2.05, 4.69) is 22.2 Å². The summed E-state index contributed by atoms with van der Waals surface area (Å²) < 4.78 is 0. The molecule has 0 saturated carbocycles. The van der Waals surface area contributed by atoms with Gasteiger partial charge in [0, 0.05) is 43.9 Å². The van der Waals surface area contributed by atoms with Crippen molar-refractivity contribution in [2.45, 2.75) is 31.4 Å². The van der Waals surface area contributed by atoms with Crippen molar-refractivity contribution in [2.75, 3.05) is 13.1 Å². The number of halogens is 2. The lowest BCUT2D eigenvalue weighted by Crippen LogP contribution is -2.44. The molecule has 1 spiro atoms. The Bertz CT molecular complexity index is 479. The molecular weight excluding hydrogens is 283 g/mol. The van der Waals surface area contributed by atoms with Gasteiger partial charge < -0.3 is 4.84 Å². The fourth-order valence-corrected chi connectivity index (χ4v) is 3.12. The maximum absolute atomic E-state index is 5.91. The molecule has 0 bridgehead atoms. The largest absolute Gasteiger partial charge is 0.388 e. The minimum Gasteiger partial charge on any atom is -0.388 e. The summed E-state index contributed by atoms with van der Waals surface area (Å²) in [5.41, 5.74) is 1.16. The Morgan fingerprint density at radius 2 is 1.84 bits per heavy atom. The van der Waals surface area contributed by atoms with Gasteiger partial charge in [-0.25, -0.2) is 0 Å². The summed E-state index contributed by atoms with van der Waals surface area (Å²) in [6, 6.07) is 8.05. The van der Waals surface area contributed by atoms with E-state index in [1.807, 2.05) is 12.1 Å². The Balaban J connectivity index is 1.55. The number of hydrogen-bond donors (Lipinski definition) is 0. The molecule has 102 valence electrons. The maximum Gasteiger partial charge on any atom is 0.149 e. The number of rotatable bonds is 2. The number of oxime groups is 1. The average Bonchev–Trinajstić information content (AvgIpc) is 2.77. The third-order valence-electron chi connectivity index (χ3n) is 3.89. The minimum atomic E-state index is -0.131. The zero-order chi connectivity index (χ0) is 13.3. The molecule has 0 aromatic heterocycles. The fourth-order valence-electron chi connectivity index (χ4n) is 2.71. The first-order valence-corrected chi connectivity index (χ1v) is 7.28. The second kappa shape index (κ2) is 5.31. The smallest absolute Gasteiger partial charge is 0.149 e. The maximum atomic E-state index is 5.91. The molecule has 1 saturated heterocycles. The lowest BCUT2D eigenvalue weighted by molar-refractivity contribution is -0.0626. The molecule has 2 aliphatic heterocycles. The first kappa shape index (κ1) is 13.2. The van der Waals surface area contributed by atoms with Crippen LogP contribution in [-0.2, 0) is 11.4 Å². The molecule has 0 N–H and O–H groups in total. The van der Waals surface area contributed by atoms with E-state index >= 15 is 0 Å². The first-order chi connectivity index (χ1) is 9.15. The molecule has 2 heterocycles. The summed E-state index contributed by atoms with van der Waals surface area (Å²) in [4.78, 5) is 7.95. The molecule has 0 atom stereocenters. The number of hydrogen-bond acceptors (Lipinski definition) is 3. The average molecular weight is 299 g/mol. The molecule has 3 rings (SSSR count). The molecule has 1 fully saturated rings. The molecule has 0 aliphatic carbocycles. The van der Waals surface area contributed by atoms with E-state index in [1.54, 1.807) is 0 Å². The SMILES string of the molecule is ClC1=NOC2(CCN(Cc3ccc(Cl)cc3)CC2)C1. The monoisotopic (exact) mass is 298 g/mol. The summed E-state index contributed by atoms with van der Waals surface area (Å²) in [7, 11) is 0. The second-order valence-electron chi connectivity index (χ2n) is 5.32. The van der Waals surface area contributed by atoms with Gasteiger partial charge in [-0.3, -0.25) is 4.90 Å². The van der Waals surface area contributed by atoms with Crippen molar-refractivity contribution < 1.29 is 4.84 Å². The molecule has 1 aromatic rings. The van der Waals surface area contributed by atoms with Crippen LogP contribution in [0.5, 0.6) is 0 Å². The Kier molecular flexibility index (Phi) is 3.70. The number of benzene rings is 1. The number of nitrogens with zero attached hydrogens (tertiary/aromatic N) is 2. The van der Waals surface area contributed by atoms with Gasteiger partial charge in [0.2, 0.25) is 0 Å². The lowest BCUT2D eigenvalue weighted by atomic mass is 9.89. The van der Waals surface area contributed by atoms with Crippen LogP contribution >= 0.6 is 23.2 Å². The van der Waals surface area contributed by atoms with Crippen LogP contribution in [0.25, 0.3) is 0 Å². The molecule has 0 amide bonds. The van der Waals surface area contributed by atoms with Gasteiger partial charge in [0.05, 0.1) is 0 Å². The van der Waals surface area contributed by atoms with Crippen LogP contribution in [-0.4, -0.2) is 28.8 Å². The van der Waals surface area contributed by atoms with Crippen LogP contribution in [0.2, 0.25) is 5.02 Å². The number of piperidine rings is 1. The third-order valence-corrected chi connectivity index (χ3v) is 4.35. The zero-order valence-corrected chi connectivity index (χ0v) is 12.1. The molecule has 3 nitrogen and oxygen atoms in total. The van der Waals surface area contributed by atoms with Crippen molar-refractivity contribution >= 4 is 28.4 Å². The predicted octanol–water partition coefficient (Wildman–Crippen LogP) is 3.65. The minimum absolute atomic E-state index is 0.131. The van der Waals surface area contributed by atoms with Gasteiger partial charge in [0.15, 0.2) is 0 Å². The Morgan fingerprint density at radius 1 is 1.16 bits per heavy atom. The van der Waals surface area contributed by atoms with Crippen LogP contribution in [0, 0.1) is 0 Å². The number of likely N-dealkylation sites (tertiary alicyclic amines) is 1. The van der Waals surface area contributed by atoms with Gasteiger partial charge in [-0.05, 0) is 17.7 Å². The van der Waals surface area contributed by atoms with Gasteiger partial charge in [0.25, 0.3) is 0 Å². The molecular formula is C14H16Cl2N2O. The quantitative estimate of drug-likeness (QED) is 0.832. The summed E-state index contributed by atoms with van der Waals surface area (Å²) >= 11 is 11.8. The molecule has 5 heteroatoms. The second-order valence-corrected chi connectivity index (χ2v) is 6.19. The molecule has 1 aromatic carbocycles. The Morgan fingerprint density at radius 3 is 2.42 bits per heavy atom. The van der Waals surface area contributed by atoms with E-state index in [9.17, 15) is 0 Å². The van der Waals surface area contributed by atoms with Crippen molar-refractivity contribution in [3.05, 3.63) is 34.9 Å². The van der Waals surface area contributed by atoms with E-state index in [1.165, 1.54) is 5.56 Å². The van der Waals surface area contributed by atoms with Gasteiger partial charge in [-0.1, -0.05) is 40.5 Å². The molecule has 19 heavy (non-hydrogen) atoms. The van der Waals surface area contributed by atoms with Crippen LogP contribution < -0.4 is 0 Å². The highest BCUT2D eigenvalue weighted by Gasteiger charge is 2.41. The molecule has 0 unspecified atom stereocenters. The van der Waals surface area contributed by atoms with Crippen molar-refractivity contribution in [1.29, 1.82) is 0 Å². The van der Waals surface area contributed by atoms with E-state index < -0.39 is 0 Å². The van der Waals surface area contributed by atoms with Crippen LogP contribution in [0.15, 0.2) is 29.4 Å². The van der Waals surface area contributed by atoms with Gasteiger partial charge in [-0.2, -0.15) is 0 Å². The van der Waals surface area contributed by atoms with E-state index in [-0.39, 0.29) is 5.60 Å². The lowest BCUT2D eigenvalue weighted by Gasteiger charge is -2.37. The van der Waals surface area contributed by atoms with Crippen LogP contribution in [0.4, 0.5) is 0 Å². The fraction of sp³-hybridized carbons (Fsp3) is 0.500. The van der Waals surface area contributed by atoms with Crippen molar-refractivity contribution in [1.82, 2.24) is 4.90 Å². The highest BCUT2D eigenvalue weighted by atomic mass is 35.5. The highest BCUT2D eigenvalue weighted by Crippen LogP contribution is 2.35. The molecule has 2 aliphatic rings.